The van der Waals surface area contributed by atoms with Gasteiger partial charge in [-0.2, -0.15) is 5.10 Å². The zero-order valence-electron chi connectivity index (χ0n) is 15.4. The molecular weight excluding hydrogens is 338 g/mol. The van der Waals surface area contributed by atoms with Gasteiger partial charge in [-0.25, -0.2) is 13.8 Å². The van der Waals surface area contributed by atoms with Gasteiger partial charge in [0.2, 0.25) is 5.89 Å². The smallest absolute Gasteiger partial charge is 0.229 e. The summed E-state index contributed by atoms with van der Waals surface area (Å²) in [6.07, 6.45) is 1.87. The molecule has 7 heteroatoms. The highest BCUT2D eigenvalue weighted by Crippen LogP contribution is 2.26. The first kappa shape index (κ1) is 18.3. The van der Waals surface area contributed by atoms with Crippen LogP contribution in [0.5, 0.6) is 0 Å². The molecular formula is C19H22F2N4O. The highest BCUT2D eigenvalue weighted by atomic mass is 19.2. The standard InChI is InChI=1S/C19H22F2N4O/c1-5-25-12(2)14(9-22-25)10-24(4)11-17-13(3)26-19(23-17)15-7-6-8-16(20)18(15)21/h6-9H,5,10-11H2,1-4H3. The fraction of sp³-hybridized carbons (Fsp3) is 0.368. The molecule has 26 heavy (non-hydrogen) atoms. The van der Waals surface area contributed by atoms with Crippen LogP contribution < -0.4 is 0 Å². The van der Waals surface area contributed by atoms with E-state index in [0.717, 1.165) is 23.9 Å². The van der Waals surface area contributed by atoms with E-state index in [-0.39, 0.29) is 11.5 Å². The Morgan fingerprint density at radius 1 is 1.19 bits per heavy atom. The summed E-state index contributed by atoms with van der Waals surface area (Å²) in [5, 5.41) is 4.35. The Bertz CT molecular complexity index is 916. The molecule has 5 nitrogen and oxygen atoms in total. The molecule has 2 heterocycles. The van der Waals surface area contributed by atoms with Gasteiger partial charge in [-0.1, -0.05) is 6.07 Å². The quantitative estimate of drug-likeness (QED) is 0.664. The first-order valence-electron chi connectivity index (χ1n) is 8.51. The van der Waals surface area contributed by atoms with Crippen LogP contribution >= 0.6 is 0 Å². The minimum atomic E-state index is -0.948. The van der Waals surface area contributed by atoms with Crippen LogP contribution in [0.3, 0.4) is 0 Å². The Morgan fingerprint density at radius 3 is 2.65 bits per heavy atom. The van der Waals surface area contributed by atoms with Gasteiger partial charge in [-0.3, -0.25) is 9.58 Å². The second-order valence-electron chi connectivity index (χ2n) is 6.37. The van der Waals surface area contributed by atoms with Crippen molar-refractivity contribution < 1.29 is 13.2 Å². The molecule has 0 fully saturated rings. The summed E-state index contributed by atoms with van der Waals surface area (Å²) in [5.41, 5.74) is 3.01. The second-order valence-corrected chi connectivity index (χ2v) is 6.37. The normalized spacial score (nSPS) is 11.5. The van der Waals surface area contributed by atoms with Crippen LogP contribution in [0.15, 0.2) is 28.8 Å². The number of nitrogens with zero attached hydrogens (tertiary/aromatic N) is 4. The maximum atomic E-state index is 14.0. The Morgan fingerprint density at radius 2 is 1.96 bits per heavy atom. The van der Waals surface area contributed by atoms with Crippen LogP contribution in [0, 0.1) is 25.5 Å². The van der Waals surface area contributed by atoms with Crippen LogP contribution in [0.4, 0.5) is 8.78 Å². The fourth-order valence-corrected chi connectivity index (χ4v) is 2.92. The third kappa shape index (κ3) is 3.53. The van der Waals surface area contributed by atoms with Crippen LogP contribution in [-0.2, 0) is 19.6 Å². The van der Waals surface area contributed by atoms with E-state index in [1.165, 1.54) is 12.1 Å². The first-order valence-corrected chi connectivity index (χ1v) is 8.51. The summed E-state index contributed by atoms with van der Waals surface area (Å²) in [6.45, 7) is 7.95. The van der Waals surface area contributed by atoms with Crippen molar-refractivity contribution in [3.05, 3.63) is 58.7 Å². The van der Waals surface area contributed by atoms with Crippen molar-refractivity contribution in [2.24, 2.45) is 0 Å². The Balaban J connectivity index is 1.77. The van der Waals surface area contributed by atoms with E-state index in [1.54, 1.807) is 6.92 Å². The highest BCUT2D eigenvalue weighted by Gasteiger charge is 2.18. The third-order valence-corrected chi connectivity index (χ3v) is 4.44. The SMILES string of the molecule is CCn1ncc(CN(C)Cc2nc(-c3cccc(F)c3F)oc2C)c1C. The lowest BCUT2D eigenvalue weighted by Gasteiger charge is -2.15. The number of hydrogen-bond donors (Lipinski definition) is 0. The third-order valence-electron chi connectivity index (χ3n) is 4.44. The van der Waals surface area contributed by atoms with Crippen molar-refractivity contribution in [3.8, 4) is 11.5 Å². The molecule has 0 bridgehead atoms. The largest absolute Gasteiger partial charge is 0.441 e. The van der Waals surface area contributed by atoms with Crippen molar-refractivity contribution in [2.75, 3.05) is 7.05 Å². The molecule has 0 aliphatic carbocycles. The zero-order chi connectivity index (χ0) is 18.8. The number of hydrogen-bond acceptors (Lipinski definition) is 4. The molecule has 0 aliphatic rings. The lowest BCUT2D eigenvalue weighted by atomic mass is 10.2. The topological polar surface area (TPSA) is 47.1 Å². The van der Waals surface area contributed by atoms with E-state index >= 15 is 0 Å². The van der Waals surface area contributed by atoms with Crippen molar-refractivity contribution >= 4 is 0 Å². The number of aryl methyl sites for hydroxylation is 2. The molecule has 1 aromatic carbocycles. The maximum absolute atomic E-state index is 14.0. The van der Waals surface area contributed by atoms with E-state index in [0.29, 0.717) is 24.5 Å². The average molecular weight is 360 g/mol. The van der Waals surface area contributed by atoms with Gasteiger partial charge < -0.3 is 4.42 Å². The molecule has 0 aliphatic heterocycles. The lowest BCUT2D eigenvalue weighted by molar-refractivity contribution is 0.312. The summed E-state index contributed by atoms with van der Waals surface area (Å²) < 4.78 is 34.9. The zero-order valence-corrected chi connectivity index (χ0v) is 15.4. The molecule has 0 unspecified atom stereocenters. The van der Waals surface area contributed by atoms with Gasteiger partial charge in [0.15, 0.2) is 11.6 Å². The molecule has 0 saturated heterocycles. The van der Waals surface area contributed by atoms with Gasteiger partial charge in [0.1, 0.15) is 5.76 Å². The molecule has 0 radical (unpaired) electrons. The van der Waals surface area contributed by atoms with Gasteiger partial charge in [0.05, 0.1) is 17.5 Å². The second kappa shape index (κ2) is 7.37. The van der Waals surface area contributed by atoms with Crippen molar-refractivity contribution in [3.63, 3.8) is 0 Å². The van der Waals surface area contributed by atoms with Gasteiger partial charge in [-0.15, -0.1) is 0 Å². The van der Waals surface area contributed by atoms with E-state index in [4.69, 9.17) is 4.42 Å². The Hall–Kier alpha value is -2.54. The van der Waals surface area contributed by atoms with Crippen LogP contribution in [0.2, 0.25) is 0 Å². The molecule has 0 spiro atoms. The summed E-state index contributed by atoms with van der Waals surface area (Å²) in [6, 6.07) is 3.97. The van der Waals surface area contributed by atoms with E-state index in [9.17, 15) is 8.78 Å². The monoisotopic (exact) mass is 360 g/mol. The van der Waals surface area contributed by atoms with Crippen LogP contribution in [-0.4, -0.2) is 26.7 Å². The van der Waals surface area contributed by atoms with E-state index < -0.39 is 11.6 Å². The minimum Gasteiger partial charge on any atom is -0.441 e. The van der Waals surface area contributed by atoms with E-state index in [2.05, 4.69) is 21.9 Å². The number of aromatic nitrogens is 3. The van der Waals surface area contributed by atoms with Crippen LogP contribution in [0.1, 0.15) is 29.6 Å². The Labute approximate surface area is 151 Å². The van der Waals surface area contributed by atoms with Gasteiger partial charge in [-0.05, 0) is 40.0 Å². The van der Waals surface area contributed by atoms with E-state index in [1.807, 2.05) is 24.9 Å². The molecule has 0 atom stereocenters. The minimum absolute atomic E-state index is 0.0297. The lowest BCUT2D eigenvalue weighted by Crippen LogP contribution is -2.18. The number of benzene rings is 1. The van der Waals surface area contributed by atoms with Gasteiger partial charge in [0, 0.05) is 30.9 Å². The number of oxazole rings is 1. The average Bonchev–Trinajstić information content (AvgIpc) is 3.13. The molecule has 0 amide bonds. The number of halogens is 2. The maximum Gasteiger partial charge on any atom is 0.229 e. The van der Waals surface area contributed by atoms with Crippen LogP contribution in [0.25, 0.3) is 11.5 Å². The van der Waals surface area contributed by atoms with Crippen molar-refractivity contribution in [1.29, 1.82) is 0 Å². The predicted molar refractivity (Wildman–Crippen MR) is 94.4 cm³/mol. The predicted octanol–water partition coefficient (Wildman–Crippen LogP) is 4.09. The first-order chi connectivity index (χ1) is 12.4. The molecule has 0 saturated carbocycles. The van der Waals surface area contributed by atoms with Crippen molar-refractivity contribution in [2.45, 2.75) is 40.4 Å². The molecule has 3 aromatic rings. The van der Waals surface area contributed by atoms with Crippen molar-refractivity contribution in [1.82, 2.24) is 19.7 Å². The Kier molecular flexibility index (Phi) is 5.18. The van der Waals surface area contributed by atoms with Gasteiger partial charge in [0.25, 0.3) is 0 Å². The highest BCUT2D eigenvalue weighted by molar-refractivity contribution is 5.54. The summed E-state index contributed by atoms with van der Waals surface area (Å²) >= 11 is 0. The summed E-state index contributed by atoms with van der Waals surface area (Å²) in [5.74, 6) is -1.17. The molecule has 0 N–H and O–H groups in total. The number of rotatable bonds is 6. The summed E-state index contributed by atoms with van der Waals surface area (Å²) in [4.78, 5) is 6.46. The molecule has 2 aromatic heterocycles. The summed E-state index contributed by atoms with van der Waals surface area (Å²) in [7, 11) is 1.97. The van der Waals surface area contributed by atoms with Gasteiger partial charge >= 0.3 is 0 Å². The molecule has 138 valence electrons. The molecule has 3 rings (SSSR count). The fourth-order valence-electron chi connectivity index (χ4n) is 2.92.